The Kier molecular flexibility index (Phi) is 3.01. The van der Waals surface area contributed by atoms with Gasteiger partial charge in [0, 0.05) is 0 Å². The molecule has 76 valence electrons. The molecule has 0 N–H and O–H groups in total. The smallest absolute Gasteiger partial charge is 0.235 e. The van der Waals surface area contributed by atoms with Crippen molar-refractivity contribution in [2.45, 2.75) is 38.7 Å². The molecule has 0 aliphatic heterocycles. The Morgan fingerprint density at radius 1 is 1.43 bits per heavy atom. The van der Waals surface area contributed by atoms with Gasteiger partial charge in [0.2, 0.25) is 5.88 Å². The number of nitrogens with zero attached hydrogens (tertiary/aromatic N) is 2. The first-order valence-electron chi connectivity index (χ1n) is 4.91. The maximum absolute atomic E-state index is 5.77. The summed E-state index contributed by atoms with van der Waals surface area (Å²) < 4.78 is 6.52. The van der Waals surface area contributed by atoms with Crippen molar-refractivity contribution in [2.75, 3.05) is 0 Å². The van der Waals surface area contributed by atoms with Gasteiger partial charge >= 0.3 is 0 Å². The van der Waals surface area contributed by atoms with Gasteiger partial charge in [0.25, 0.3) is 0 Å². The number of hydrogen-bond donors (Lipinski definition) is 0. The molecule has 1 aromatic heterocycles. The molecule has 0 spiro atoms. The topological polar surface area (TPSA) is 35.0 Å². The maximum atomic E-state index is 5.77. The molecule has 0 amide bonds. The van der Waals surface area contributed by atoms with E-state index in [0.717, 1.165) is 23.1 Å². The summed E-state index contributed by atoms with van der Waals surface area (Å²) in [7, 11) is 0. The van der Waals surface area contributed by atoms with Gasteiger partial charge in [0.15, 0.2) is 0 Å². The fraction of sp³-hybridized carbons (Fsp3) is 0.600. The lowest BCUT2D eigenvalue weighted by Crippen LogP contribution is -2.13. The van der Waals surface area contributed by atoms with Gasteiger partial charge < -0.3 is 4.74 Å². The van der Waals surface area contributed by atoms with E-state index in [1.165, 1.54) is 12.8 Å². The van der Waals surface area contributed by atoms with Crippen LogP contribution in [0.3, 0.4) is 0 Å². The van der Waals surface area contributed by atoms with Crippen LogP contribution in [-0.4, -0.2) is 16.1 Å². The zero-order valence-electron chi connectivity index (χ0n) is 8.16. The molecule has 14 heavy (non-hydrogen) atoms. The average molecular weight is 257 g/mol. The summed E-state index contributed by atoms with van der Waals surface area (Å²) in [4.78, 5) is 8.45. The molecule has 1 aliphatic carbocycles. The molecule has 1 saturated carbocycles. The van der Waals surface area contributed by atoms with Crippen LogP contribution in [0.4, 0.5) is 0 Å². The lowest BCUT2D eigenvalue weighted by atomic mass is 10.3. The van der Waals surface area contributed by atoms with Gasteiger partial charge in [-0.1, -0.05) is 0 Å². The summed E-state index contributed by atoms with van der Waals surface area (Å²) >= 11 is 3.28. The van der Waals surface area contributed by atoms with Crippen molar-refractivity contribution >= 4 is 15.9 Å². The lowest BCUT2D eigenvalue weighted by Gasteiger charge is -2.12. The molecule has 1 fully saturated rings. The Morgan fingerprint density at radius 3 is 2.79 bits per heavy atom. The summed E-state index contributed by atoms with van der Waals surface area (Å²) in [6.45, 7) is 1.92. The van der Waals surface area contributed by atoms with Crippen LogP contribution in [0.25, 0.3) is 0 Å². The van der Waals surface area contributed by atoms with Crippen molar-refractivity contribution < 1.29 is 4.74 Å². The second-order valence-corrected chi connectivity index (χ2v) is 4.42. The van der Waals surface area contributed by atoms with Gasteiger partial charge in [-0.05, 0) is 48.5 Å². The van der Waals surface area contributed by atoms with Gasteiger partial charge in [-0.25, -0.2) is 9.97 Å². The highest BCUT2D eigenvalue weighted by atomic mass is 79.9. The standard InChI is InChI=1S/C10H13BrN2O/c1-7-10(12-6-9(11)13-7)14-8-4-2-3-5-8/h6,8H,2-5H2,1H3. The van der Waals surface area contributed by atoms with E-state index in [2.05, 4.69) is 25.9 Å². The van der Waals surface area contributed by atoms with Gasteiger partial charge in [-0.3, -0.25) is 0 Å². The van der Waals surface area contributed by atoms with Gasteiger partial charge in [-0.15, -0.1) is 0 Å². The Hall–Kier alpha value is -0.640. The first-order valence-corrected chi connectivity index (χ1v) is 5.71. The molecule has 3 nitrogen and oxygen atoms in total. The molecule has 0 unspecified atom stereocenters. The van der Waals surface area contributed by atoms with Crippen LogP contribution < -0.4 is 4.74 Å². The van der Waals surface area contributed by atoms with Crippen molar-refractivity contribution in [1.82, 2.24) is 9.97 Å². The highest BCUT2D eigenvalue weighted by molar-refractivity contribution is 9.10. The quantitative estimate of drug-likeness (QED) is 0.817. The van der Waals surface area contributed by atoms with E-state index < -0.39 is 0 Å². The van der Waals surface area contributed by atoms with Gasteiger partial charge in [0.05, 0.1) is 6.20 Å². The van der Waals surface area contributed by atoms with E-state index in [9.17, 15) is 0 Å². The van der Waals surface area contributed by atoms with E-state index in [0.29, 0.717) is 12.0 Å². The highest BCUT2D eigenvalue weighted by Crippen LogP contribution is 2.24. The van der Waals surface area contributed by atoms with Crippen molar-refractivity contribution in [1.29, 1.82) is 0 Å². The van der Waals surface area contributed by atoms with E-state index in [1.807, 2.05) is 6.92 Å². The molecular formula is C10H13BrN2O. The summed E-state index contributed by atoms with van der Waals surface area (Å²) in [6.07, 6.45) is 6.87. The molecule has 0 bridgehead atoms. The third kappa shape index (κ3) is 2.23. The van der Waals surface area contributed by atoms with Crippen LogP contribution in [0.1, 0.15) is 31.4 Å². The second-order valence-electron chi connectivity index (χ2n) is 3.61. The molecular weight excluding hydrogens is 244 g/mol. The fourth-order valence-electron chi connectivity index (χ4n) is 1.72. The lowest BCUT2D eigenvalue weighted by molar-refractivity contribution is 0.198. The SMILES string of the molecule is Cc1nc(Br)cnc1OC1CCCC1. The number of aryl methyl sites for hydroxylation is 1. The second kappa shape index (κ2) is 4.26. The summed E-state index contributed by atoms with van der Waals surface area (Å²) in [5.41, 5.74) is 0.853. The summed E-state index contributed by atoms with van der Waals surface area (Å²) in [5.74, 6) is 0.681. The zero-order valence-corrected chi connectivity index (χ0v) is 9.75. The van der Waals surface area contributed by atoms with Crippen molar-refractivity contribution in [3.8, 4) is 5.88 Å². The normalized spacial score (nSPS) is 17.3. The minimum atomic E-state index is 0.351. The van der Waals surface area contributed by atoms with Crippen LogP contribution in [0, 0.1) is 6.92 Å². The maximum Gasteiger partial charge on any atom is 0.235 e. The van der Waals surface area contributed by atoms with E-state index in [1.54, 1.807) is 6.20 Å². The fourth-order valence-corrected chi connectivity index (χ4v) is 2.09. The molecule has 1 aromatic rings. The number of halogens is 1. The number of hydrogen-bond acceptors (Lipinski definition) is 3. The van der Waals surface area contributed by atoms with Crippen molar-refractivity contribution in [2.24, 2.45) is 0 Å². The van der Waals surface area contributed by atoms with E-state index in [-0.39, 0.29) is 0 Å². The number of ether oxygens (including phenoxy) is 1. The first kappa shape index (κ1) is 9.90. The number of aromatic nitrogens is 2. The molecule has 0 radical (unpaired) electrons. The highest BCUT2D eigenvalue weighted by Gasteiger charge is 2.18. The van der Waals surface area contributed by atoms with Crippen molar-refractivity contribution in [3.63, 3.8) is 0 Å². The monoisotopic (exact) mass is 256 g/mol. The van der Waals surface area contributed by atoms with Crippen LogP contribution in [0.15, 0.2) is 10.8 Å². The average Bonchev–Trinajstić information content (AvgIpc) is 2.62. The minimum absolute atomic E-state index is 0.351. The molecule has 1 aliphatic rings. The van der Waals surface area contributed by atoms with Gasteiger partial charge in [-0.2, -0.15) is 0 Å². The number of rotatable bonds is 2. The third-order valence-electron chi connectivity index (χ3n) is 2.45. The van der Waals surface area contributed by atoms with E-state index >= 15 is 0 Å². The summed E-state index contributed by atoms with van der Waals surface area (Å²) in [5, 5.41) is 0. The molecule has 1 heterocycles. The van der Waals surface area contributed by atoms with Crippen LogP contribution in [0.5, 0.6) is 5.88 Å². The van der Waals surface area contributed by atoms with Gasteiger partial charge in [0.1, 0.15) is 16.4 Å². The first-order chi connectivity index (χ1) is 6.75. The molecule has 0 aromatic carbocycles. The van der Waals surface area contributed by atoms with Crippen molar-refractivity contribution in [3.05, 3.63) is 16.5 Å². The largest absolute Gasteiger partial charge is 0.473 e. The molecule has 0 saturated heterocycles. The zero-order chi connectivity index (χ0) is 9.97. The van der Waals surface area contributed by atoms with Crippen LogP contribution in [0.2, 0.25) is 0 Å². The molecule has 0 atom stereocenters. The molecule has 2 rings (SSSR count). The Labute approximate surface area is 92.0 Å². The Morgan fingerprint density at radius 2 is 2.14 bits per heavy atom. The third-order valence-corrected chi connectivity index (χ3v) is 2.83. The Balaban J connectivity index is 2.08. The summed E-state index contributed by atoms with van der Waals surface area (Å²) in [6, 6.07) is 0. The predicted octanol–water partition coefficient (Wildman–Crippen LogP) is 2.87. The van der Waals surface area contributed by atoms with Crippen LogP contribution >= 0.6 is 15.9 Å². The van der Waals surface area contributed by atoms with Crippen LogP contribution in [-0.2, 0) is 0 Å². The van der Waals surface area contributed by atoms with E-state index in [4.69, 9.17) is 4.74 Å². The minimum Gasteiger partial charge on any atom is -0.473 e. The Bertz CT molecular complexity index is 324. The molecule has 4 heteroatoms. The predicted molar refractivity (Wildman–Crippen MR) is 57.4 cm³/mol.